The van der Waals surface area contributed by atoms with Crippen LogP contribution >= 0.6 is 0 Å². The van der Waals surface area contributed by atoms with E-state index in [9.17, 15) is 0 Å². The lowest BCUT2D eigenvalue weighted by molar-refractivity contribution is 0.631. The van der Waals surface area contributed by atoms with E-state index in [0.717, 1.165) is 28.0 Å². The number of para-hydroxylation sites is 2. The molecule has 11 rings (SSSR count). The molecule has 0 atom stereocenters. The van der Waals surface area contributed by atoms with Crippen molar-refractivity contribution in [2.24, 2.45) is 0 Å². The number of hydrogen-bond acceptors (Lipinski definition) is 2. The highest BCUT2D eigenvalue weighted by atomic mass is 15.3. The molecular weight excluding hydrogens is 681 g/mol. The maximum absolute atomic E-state index is 4.94. The van der Waals surface area contributed by atoms with Crippen molar-refractivity contribution < 1.29 is 0 Å². The number of hydrogen-bond donors (Lipinski definition) is 0. The number of nitrogens with zero attached hydrogens (tertiary/aromatic N) is 4. The van der Waals surface area contributed by atoms with Gasteiger partial charge in [-0.1, -0.05) is 129 Å². The predicted molar refractivity (Wildman–Crippen MR) is 233 cm³/mol. The Labute approximate surface area is 326 Å². The van der Waals surface area contributed by atoms with Gasteiger partial charge in [0.05, 0.1) is 39.8 Å². The van der Waals surface area contributed by atoms with E-state index in [1.165, 1.54) is 66.6 Å². The average molecular weight is 719 g/mol. The SMILES string of the molecule is CC1(C)c2cc(-c3ccccc3)ccc2N(c2ccc(-c3ccccc3)cc2)c2ccc(-n3c4ccccc4c4ccc5c(cnn5-c5ccccc5)c43)cc21. The van der Waals surface area contributed by atoms with Gasteiger partial charge < -0.3 is 9.47 Å². The molecule has 0 radical (unpaired) electrons. The lowest BCUT2D eigenvalue weighted by Crippen LogP contribution is -2.31. The molecule has 56 heavy (non-hydrogen) atoms. The maximum atomic E-state index is 4.94. The summed E-state index contributed by atoms with van der Waals surface area (Å²) < 4.78 is 4.50. The molecule has 0 spiro atoms. The van der Waals surface area contributed by atoms with Crippen LogP contribution in [0.4, 0.5) is 17.1 Å². The molecule has 0 saturated heterocycles. The fraction of sp³-hybridized carbons (Fsp3) is 0.0577. The molecule has 0 aliphatic carbocycles. The van der Waals surface area contributed by atoms with Crippen LogP contribution < -0.4 is 4.90 Å². The molecule has 0 N–H and O–H groups in total. The van der Waals surface area contributed by atoms with Crippen LogP contribution in [-0.2, 0) is 5.41 Å². The van der Waals surface area contributed by atoms with Crippen molar-refractivity contribution in [3.63, 3.8) is 0 Å². The highest BCUT2D eigenvalue weighted by Crippen LogP contribution is 2.53. The fourth-order valence-corrected chi connectivity index (χ4v) is 8.99. The summed E-state index contributed by atoms with van der Waals surface area (Å²) >= 11 is 0. The zero-order chi connectivity index (χ0) is 37.4. The standard InChI is InChI=1S/C52H38N4/c1-52(2)45-32-38(36-16-8-4-9-17-36)24-29-49(45)54(39-25-22-37(23-26-39)35-14-6-3-7-15-35)50-30-27-41(33-46(50)52)55-47-21-13-12-20-42(47)43-28-31-48-44(51(43)55)34-53-56(48)40-18-10-5-11-19-40/h3-34H,1-2H3. The molecule has 4 heteroatoms. The van der Waals surface area contributed by atoms with Gasteiger partial charge in [0.2, 0.25) is 0 Å². The number of aromatic nitrogens is 3. The molecule has 0 amide bonds. The van der Waals surface area contributed by atoms with Crippen molar-refractivity contribution in [1.29, 1.82) is 0 Å². The van der Waals surface area contributed by atoms with Crippen molar-refractivity contribution in [3.8, 4) is 33.6 Å². The second-order valence-corrected chi connectivity index (χ2v) is 15.3. The second-order valence-electron chi connectivity index (χ2n) is 15.3. The van der Waals surface area contributed by atoms with Crippen LogP contribution in [0.25, 0.3) is 66.3 Å². The van der Waals surface area contributed by atoms with Gasteiger partial charge >= 0.3 is 0 Å². The molecule has 266 valence electrons. The fourth-order valence-electron chi connectivity index (χ4n) is 8.99. The van der Waals surface area contributed by atoms with Gasteiger partial charge in [-0.3, -0.25) is 0 Å². The number of benzene rings is 8. The third-order valence-electron chi connectivity index (χ3n) is 11.8. The van der Waals surface area contributed by atoms with E-state index < -0.39 is 0 Å². The average Bonchev–Trinajstić information content (AvgIpc) is 3.85. The molecule has 1 aliphatic heterocycles. The third-order valence-corrected chi connectivity index (χ3v) is 11.8. The Morgan fingerprint density at radius 2 is 0.982 bits per heavy atom. The van der Waals surface area contributed by atoms with Gasteiger partial charge in [0.25, 0.3) is 0 Å². The van der Waals surface area contributed by atoms with Crippen LogP contribution in [0.5, 0.6) is 0 Å². The van der Waals surface area contributed by atoms with Gasteiger partial charge in [0, 0.05) is 32.9 Å². The minimum Gasteiger partial charge on any atom is -0.310 e. The highest BCUT2D eigenvalue weighted by molar-refractivity contribution is 6.18. The van der Waals surface area contributed by atoms with Gasteiger partial charge in [-0.2, -0.15) is 5.10 Å². The third kappa shape index (κ3) is 4.89. The second kappa shape index (κ2) is 12.4. The summed E-state index contributed by atoms with van der Waals surface area (Å²) in [7, 11) is 0. The zero-order valence-electron chi connectivity index (χ0n) is 31.3. The minimum atomic E-state index is -0.307. The number of fused-ring (bicyclic) bond motifs is 7. The monoisotopic (exact) mass is 718 g/mol. The van der Waals surface area contributed by atoms with Crippen LogP contribution in [0.1, 0.15) is 25.0 Å². The van der Waals surface area contributed by atoms with E-state index in [0.29, 0.717) is 0 Å². The predicted octanol–water partition coefficient (Wildman–Crippen LogP) is 13.6. The first-order valence-electron chi connectivity index (χ1n) is 19.3. The van der Waals surface area contributed by atoms with E-state index in [-0.39, 0.29) is 5.41 Å². The molecule has 0 unspecified atom stereocenters. The quantitative estimate of drug-likeness (QED) is 0.177. The molecule has 3 heterocycles. The van der Waals surface area contributed by atoms with Crippen LogP contribution in [0.15, 0.2) is 194 Å². The van der Waals surface area contributed by atoms with Gasteiger partial charge in [-0.15, -0.1) is 0 Å². The molecular formula is C52H38N4. The molecule has 4 nitrogen and oxygen atoms in total. The van der Waals surface area contributed by atoms with Crippen LogP contribution in [0.2, 0.25) is 0 Å². The lowest BCUT2D eigenvalue weighted by Gasteiger charge is -2.42. The van der Waals surface area contributed by atoms with Crippen LogP contribution in [-0.4, -0.2) is 14.3 Å². The van der Waals surface area contributed by atoms with Crippen molar-refractivity contribution in [1.82, 2.24) is 14.3 Å². The van der Waals surface area contributed by atoms with Crippen molar-refractivity contribution in [2.75, 3.05) is 4.90 Å². The molecule has 0 fully saturated rings. The Morgan fingerprint density at radius 3 is 1.71 bits per heavy atom. The Kier molecular flexibility index (Phi) is 7.17. The molecule has 0 bridgehead atoms. The van der Waals surface area contributed by atoms with E-state index in [1.807, 2.05) is 12.3 Å². The van der Waals surface area contributed by atoms with Gasteiger partial charge in [-0.05, 0) is 106 Å². The van der Waals surface area contributed by atoms with Crippen LogP contribution in [0.3, 0.4) is 0 Å². The van der Waals surface area contributed by atoms with E-state index in [4.69, 9.17) is 5.10 Å². The first-order chi connectivity index (χ1) is 27.5. The Morgan fingerprint density at radius 1 is 0.411 bits per heavy atom. The molecule has 8 aromatic carbocycles. The molecule has 1 aliphatic rings. The van der Waals surface area contributed by atoms with Crippen LogP contribution in [0, 0.1) is 0 Å². The van der Waals surface area contributed by atoms with Gasteiger partial charge in [-0.25, -0.2) is 4.68 Å². The molecule has 2 aromatic heterocycles. The zero-order valence-corrected chi connectivity index (χ0v) is 31.3. The van der Waals surface area contributed by atoms with Gasteiger partial charge in [0.15, 0.2) is 0 Å². The molecule has 10 aromatic rings. The van der Waals surface area contributed by atoms with Gasteiger partial charge in [0.1, 0.15) is 0 Å². The summed E-state index contributed by atoms with van der Waals surface area (Å²) in [5.74, 6) is 0. The van der Waals surface area contributed by atoms with Crippen molar-refractivity contribution in [3.05, 3.63) is 205 Å². The minimum absolute atomic E-state index is 0.307. The Bertz CT molecular complexity index is 3080. The maximum Gasteiger partial charge on any atom is 0.0762 e. The summed E-state index contributed by atoms with van der Waals surface area (Å²) in [5, 5.41) is 8.51. The summed E-state index contributed by atoms with van der Waals surface area (Å²) in [4.78, 5) is 2.46. The highest BCUT2D eigenvalue weighted by Gasteiger charge is 2.38. The van der Waals surface area contributed by atoms with E-state index >= 15 is 0 Å². The normalized spacial score (nSPS) is 13.3. The summed E-state index contributed by atoms with van der Waals surface area (Å²) in [6.45, 7) is 4.76. The van der Waals surface area contributed by atoms with E-state index in [2.05, 4.69) is 210 Å². The summed E-state index contributed by atoms with van der Waals surface area (Å²) in [6.07, 6.45) is 2.03. The smallest absolute Gasteiger partial charge is 0.0762 e. The summed E-state index contributed by atoms with van der Waals surface area (Å²) in [5.41, 5.74) is 16.2. The Hall–Kier alpha value is -7.17. The van der Waals surface area contributed by atoms with Crippen molar-refractivity contribution in [2.45, 2.75) is 19.3 Å². The lowest BCUT2D eigenvalue weighted by atomic mass is 9.72. The van der Waals surface area contributed by atoms with Crippen molar-refractivity contribution >= 4 is 49.8 Å². The number of anilines is 3. The van der Waals surface area contributed by atoms with E-state index in [1.54, 1.807) is 0 Å². The topological polar surface area (TPSA) is 26.0 Å². The summed E-state index contributed by atoms with van der Waals surface area (Å²) in [6, 6.07) is 68.1. The number of rotatable bonds is 5. The Balaban J connectivity index is 1.14. The largest absolute Gasteiger partial charge is 0.310 e. The molecule has 0 saturated carbocycles. The first kappa shape index (κ1) is 32.3. The first-order valence-corrected chi connectivity index (χ1v) is 19.3.